The first-order chi connectivity index (χ1) is 11.3. The van der Waals surface area contributed by atoms with E-state index in [-0.39, 0.29) is 0 Å². The average Bonchev–Trinajstić information content (AvgIpc) is 2.61. The van der Waals surface area contributed by atoms with Crippen molar-refractivity contribution in [1.82, 2.24) is 0 Å². The fraction of sp³-hybridized carbons (Fsp3) is 0.0476. The van der Waals surface area contributed by atoms with E-state index in [1.807, 2.05) is 54.6 Å². The van der Waals surface area contributed by atoms with Crippen LogP contribution in [0.4, 0.5) is 0 Å². The van der Waals surface area contributed by atoms with Gasteiger partial charge in [-0.15, -0.1) is 0 Å². The van der Waals surface area contributed by atoms with Gasteiger partial charge in [0.1, 0.15) is 11.5 Å². The lowest BCUT2D eigenvalue weighted by Gasteiger charge is -2.00. The molecular weight excluding hydrogens is 284 g/mol. The third kappa shape index (κ3) is 3.61. The molecule has 0 fully saturated rings. The number of benzene rings is 4. The van der Waals surface area contributed by atoms with Gasteiger partial charge in [-0.2, -0.15) is 0 Å². The number of hydrogen-bond acceptors (Lipinski definition) is 2. The van der Waals surface area contributed by atoms with Gasteiger partial charge >= 0.3 is 0 Å². The molecule has 0 aliphatic heterocycles. The smallest absolute Gasteiger partial charge is 0.119 e. The second-order valence-electron chi connectivity index (χ2n) is 5.24. The number of phenols is 1. The van der Waals surface area contributed by atoms with Crippen molar-refractivity contribution < 1.29 is 9.84 Å². The maximum atomic E-state index is 9.13. The Morgan fingerprint density at radius 1 is 0.609 bits per heavy atom. The van der Waals surface area contributed by atoms with Crippen LogP contribution >= 0.6 is 0 Å². The van der Waals surface area contributed by atoms with E-state index in [1.54, 1.807) is 19.2 Å². The predicted molar refractivity (Wildman–Crippen MR) is 96.1 cm³/mol. The highest BCUT2D eigenvalue weighted by Gasteiger charge is 1.93. The van der Waals surface area contributed by atoms with E-state index in [0.717, 1.165) is 16.5 Å². The highest BCUT2D eigenvalue weighted by Crippen LogP contribution is 2.20. The van der Waals surface area contributed by atoms with Crippen LogP contribution in [0, 0.1) is 0 Å². The minimum atomic E-state index is 0.323. The van der Waals surface area contributed by atoms with E-state index >= 15 is 0 Å². The monoisotopic (exact) mass is 302 g/mol. The highest BCUT2D eigenvalue weighted by atomic mass is 16.5. The summed E-state index contributed by atoms with van der Waals surface area (Å²) in [5.41, 5.74) is 0. The topological polar surface area (TPSA) is 29.5 Å². The Bertz CT molecular complexity index is 929. The van der Waals surface area contributed by atoms with Crippen molar-refractivity contribution in [3.8, 4) is 11.5 Å². The summed E-state index contributed by atoms with van der Waals surface area (Å²) in [6.07, 6.45) is 0. The lowest BCUT2D eigenvalue weighted by atomic mass is 10.1. The van der Waals surface area contributed by atoms with Gasteiger partial charge in [0.05, 0.1) is 7.11 Å². The molecule has 4 aromatic rings. The van der Waals surface area contributed by atoms with Crippen LogP contribution in [0.2, 0.25) is 0 Å². The first-order valence-electron chi connectivity index (χ1n) is 7.47. The Hall–Kier alpha value is -3.00. The van der Waals surface area contributed by atoms with Gasteiger partial charge in [0.25, 0.3) is 0 Å². The van der Waals surface area contributed by atoms with Crippen molar-refractivity contribution in [3.05, 3.63) is 84.9 Å². The van der Waals surface area contributed by atoms with Crippen LogP contribution in [0.1, 0.15) is 0 Å². The summed E-state index contributed by atoms with van der Waals surface area (Å²) < 4.78 is 5.12. The Morgan fingerprint density at radius 2 is 1.13 bits per heavy atom. The number of phenolic OH excluding ortho intramolecular Hbond substituents is 1. The third-order valence-electron chi connectivity index (χ3n) is 3.69. The summed E-state index contributed by atoms with van der Waals surface area (Å²) in [5, 5.41) is 13.8. The van der Waals surface area contributed by atoms with E-state index in [1.165, 1.54) is 10.8 Å². The maximum absolute atomic E-state index is 9.13. The summed E-state index contributed by atoms with van der Waals surface area (Å²) in [4.78, 5) is 0. The summed E-state index contributed by atoms with van der Waals surface area (Å²) in [6, 6.07) is 27.6. The van der Waals surface area contributed by atoms with Crippen LogP contribution in [0.25, 0.3) is 21.5 Å². The Balaban J connectivity index is 0.000000136. The molecular formula is C21H18O2. The van der Waals surface area contributed by atoms with E-state index < -0.39 is 0 Å². The van der Waals surface area contributed by atoms with Gasteiger partial charge in [0.15, 0.2) is 0 Å². The highest BCUT2D eigenvalue weighted by molar-refractivity contribution is 5.84. The van der Waals surface area contributed by atoms with Gasteiger partial charge < -0.3 is 9.84 Å². The molecule has 23 heavy (non-hydrogen) atoms. The summed E-state index contributed by atoms with van der Waals surface area (Å²) in [7, 11) is 1.68. The number of ether oxygens (including phenoxy) is 1. The quantitative estimate of drug-likeness (QED) is 0.510. The van der Waals surface area contributed by atoms with Gasteiger partial charge in [-0.25, -0.2) is 0 Å². The van der Waals surface area contributed by atoms with Crippen molar-refractivity contribution in [1.29, 1.82) is 0 Å². The van der Waals surface area contributed by atoms with Crippen molar-refractivity contribution in [3.63, 3.8) is 0 Å². The summed E-state index contributed by atoms with van der Waals surface area (Å²) >= 11 is 0. The molecule has 0 aliphatic carbocycles. The molecule has 2 heteroatoms. The Kier molecular flexibility index (Phi) is 4.44. The summed E-state index contributed by atoms with van der Waals surface area (Å²) in [5.74, 6) is 1.23. The fourth-order valence-corrected chi connectivity index (χ4v) is 2.47. The van der Waals surface area contributed by atoms with Crippen molar-refractivity contribution in [2.75, 3.05) is 7.11 Å². The van der Waals surface area contributed by atoms with Gasteiger partial charge in [0.2, 0.25) is 0 Å². The molecule has 0 unspecified atom stereocenters. The fourth-order valence-electron chi connectivity index (χ4n) is 2.47. The zero-order chi connectivity index (χ0) is 16.1. The van der Waals surface area contributed by atoms with Crippen molar-refractivity contribution in [2.24, 2.45) is 0 Å². The number of fused-ring (bicyclic) bond motifs is 2. The van der Waals surface area contributed by atoms with Crippen LogP contribution < -0.4 is 4.74 Å². The third-order valence-corrected chi connectivity index (χ3v) is 3.69. The molecule has 0 aliphatic rings. The standard InChI is InChI=1S/C11H10O.C10H8O/c1-12-11-7-6-9-4-2-3-5-10(9)8-11;11-10-6-5-8-3-1-2-4-9(8)7-10/h2-8H,1H3;1-7,11H. The Morgan fingerprint density at radius 3 is 1.74 bits per heavy atom. The molecule has 0 atom stereocenters. The van der Waals surface area contributed by atoms with Gasteiger partial charge in [-0.05, 0) is 45.8 Å². The molecule has 0 radical (unpaired) electrons. The largest absolute Gasteiger partial charge is 0.508 e. The SMILES string of the molecule is COc1ccc2ccccc2c1.Oc1ccc2ccccc2c1. The Labute approximate surface area is 135 Å². The number of methoxy groups -OCH3 is 1. The van der Waals surface area contributed by atoms with Crippen molar-refractivity contribution >= 4 is 21.5 Å². The zero-order valence-corrected chi connectivity index (χ0v) is 12.9. The van der Waals surface area contributed by atoms with Crippen molar-refractivity contribution in [2.45, 2.75) is 0 Å². The molecule has 4 aromatic carbocycles. The minimum Gasteiger partial charge on any atom is -0.508 e. The molecule has 0 heterocycles. The average molecular weight is 302 g/mol. The molecule has 0 amide bonds. The number of rotatable bonds is 1. The van der Waals surface area contributed by atoms with Crippen LogP contribution in [0.3, 0.4) is 0 Å². The van der Waals surface area contributed by atoms with Crippen LogP contribution in [-0.4, -0.2) is 12.2 Å². The molecule has 0 bridgehead atoms. The first kappa shape index (κ1) is 14.9. The molecule has 4 rings (SSSR count). The zero-order valence-electron chi connectivity index (χ0n) is 12.9. The maximum Gasteiger partial charge on any atom is 0.119 e. The first-order valence-corrected chi connectivity index (χ1v) is 7.47. The van der Waals surface area contributed by atoms with Gasteiger partial charge in [-0.3, -0.25) is 0 Å². The van der Waals surface area contributed by atoms with E-state index in [2.05, 4.69) is 18.2 Å². The molecule has 0 aromatic heterocycles. The van der Waals surface area contributed by atoms with E-state index in [9.17, 15) is 0 Å². The van der Waals surface area contributed by atoms with Crippen LogP contribution in [-0.2, 0) is 0 Å². The van der Waals surface area contributed by atoms with Gasteiger partial charge in [0, 0.05) is 0 Å². The molecule has 2 nitrogen and oxygen atoms in total. The molecule has 0 spiro atoms. The molecule has 0 saturated heterocycles. The second-order valence-corrected chi connectivity index (χ2v) is 5.24. The normalized spacial score (nSPS) is 10.1. The van der Waals surface area contributed by atoms with Gasteiger partial charge in [-0.1, -0.05) is 60.7 Å². The minimum absolute atomic E-state index is 0.323. The second kappa shape index (κ2) is 6.84. The number of hydrogen-bond donors (Lipinski definition) is 1. The van der Waals surface area contributed by atoms with Crippen LogP contribution in [0.5, 0.6) is 11.5 Å². The summed E-state index contributed by atoms with van der Waals surface area (Å²) in [6.45, 7) is 0. The van der Waals surface area contributed by atoms with E-state index in [0.29, 0.717) is 5.75 Å². The molecule has 1 N–H and O–H groups in total. The number of aromatic hydroxyl groups is 1. The molecule has 0 saturated carbocycles. The lowest BCUT2D eigenvalue weighted by Crippen LogP contribution is -1.81. The predicted octanol–water partition coefficient (Wildman–Crippen LogP) is 5.39. The lowest BCUT2D eigenvalue weighted by molar-refractivity contribution is 0.415. The molecule has 114 valence electrons. The van der Waals surface area contributed by atoms with Crippen LogP contribution in [0.15, 0.2) is 84.9 Å². The van der Waals surface area contributed by atoms with E-state index in [4.69, 9.17) is 9.84 Å².